The number of nitrogens with one attached hydrogen (secondary N) is 1. The second-order valence-corrected chi connectivity index (χ2v) is 5.63. The lowest BCUT2D eigenvalue weighted by atomic mass is 10.2. The fraction of sp³-hybridized carbons (Fsp3) is 0.625. The molecule has 1 aliphatic heterocycles. The van der Waals surface area contributed by atoms with Crippen molar-refractivity contribution in [3.05, 3.63) is 24.3 Å². The summed E-state index contributed by atoms with van der Waals surface area (Å²) in [6.45, 7) is 5.45. The van der Waals surface area contributed by atoms with Gasteiger partial charge in [0.05, 0.1) is 12.3 Å². The van der Waals surface area contributed by atoms with Gasteiger partial charge in [0.25, 0.3) is 0 Å². The maximum Gasteiger partial charge on any atom is 0.189 e. The number of hydrogen-bond acceptors (Lipinski definition) is 4. The van der Waals surface area contributed by atoms with Gasteiger partial charge in [-0.05, 0) is 43.9 Å². The highest BCUT2D eigenvalue weighted by Crippen LogP contribution is 2.30. The zero-order valence-electron chi connectivity index (χ0n) is 12.0. The molecule has 1 N–H and O–H groups in total. The summed E-state index contributed by atoms with van der Waals surface area (Å²) in [5.41, 5.74) is 1.19. The van der Waals surface area contributed by atoms with Crippen molar-refractivity contribution in [2.24, 2.45) is 5.92 Å². The molecule has 3 rings (SSSR count). The number of nitrogens with zero attached hydrogens (tertiary/aromatic N) is 1. The molecule has 4 nitrogen and oxygen atoms in total. The molecule has 2 fully saturated rings. The van der Waals surface area contributed by atoms with Gasteiger partial charge >= 0.3 is 0 Å². The summed E-state index contributed by atoms with van der Waals surface area (Å²) in [5, 5.41) is 3.43. The fourth-order valence-corrected chi connectivity index (χ4v) is 2.53. The minimum absolute atomic E-state index is 0.361. The van der Waals surface area contributed by atoms with Gasteiger partial charge in [0.15, 0.2) is 6.79 Å². The van der Waals surface area contributed by atoms with E-state index in [0.29, 0.717) is 6.79 Å². The lowest BCUT2D eigenvalue weighted by Gasteiger charge is -2.24. The molecule has 1 saturated carbocycles. The van der Waals surface area contributed by atoms with E-state index in [-0.39, 0.29) is 0 Å². The third-order valence-corrected chi connectivity index (χ3v) is 3.89. The van der Waals surface area contributed by atoms with E-state index in [1.807, 2.05) is 12.1 Å². The van der Waals surface area contributed by atoms with Gasteiger partial charge in [0.2, 0.25) is 0 Å². The molecule has 1 saturated heterocycles. The Morgan fingerprint density at radius 1 is 1.15 bits per heavy atom. The smallest absolute Gasteiger partial charge is 0.189 e. The molecular weight excluding hydrogens is 252 g/mol. The molecule has 2 aliphatic rings. The standard InChI is InChI=1S/C16H24N2O2/c1-2-5-16(20-13-19-12-14-6-7-14)15(4-1)18-10-3-8-17-9-11-18/h1-2,4-5,14,17H,3,6-13H2. The average Bonchev–Trinajstić information content (AvgIpc) is 3.31. The van der Waals surface area contributed by atoms with Crippen molar-refractivity contribution in [3.63, 3.8) is 0 Å². The molecule has 1 aromatic carbocycles. The van der Waals surface area contributed by atoms with Crippen LogP contribution in [0.2, 0.25) is 0 Å². The molecule has 1 aliphatic carbocycles. The van der Waals surface area contributed by atoms with Crippen molar-refractivity contribution in [1.82, 2.24) is 5.32 Å². The topological polar surface area (TPSA) is 33.7 Å². The van der Waals surface area contributed by atoms with Crippen LogP contribution in [-0.4, -0.2) is 39.6 Å². The van der Waals surface area contributed by atoms with E-state index in [9.17, 15) is 0 Å². The van der Waals surface area contributed by atoms with Crippen LogP contribution in [0.15, 0.2) is 24.3 Å². The number of benzene rings is 1. The Hall–Kier alpha value is -1.26. The van der Waals surface area contributed by atoms with E-state index >= 15 is 0 Å². The summed E-state index contributed by atoms with van der Waals surface area (Å²) in [7, 11) is 0. The van der Waals surface area contributed by atoms with E-state index in [0.717, 1.165) is 44.5 Å². The molecule has 0 aromatic heterocycles. The van der Waals surface area contributed by atoms with Gasteiger partial charge < -0.3 is 19.7 Å². The summed E-state index contributed by atoms with van der Waals surface area (Å²) < 4.78 is 11.4. The van der Waals surface area contributed by atoms with Crippen LogP contribution < -0.4 is 15.0 Å². The molecule has 0 amide bonds. The maximum atomic E-state index is 5.83. The highest BCUT2D eigenvalue weighted by molar-refractivity contribution is 5.58. The molecule has 0 bridgehead atoms. The van der Waals surface area contributed by atoms with E-state index in [2.05, 4.69) is 22.3 Å². The maximum absolute atomic E-state index is 5.83. The zero-order valence-corrected chi connectivity index (χ0v) is 12.0. The highest BCUT2D eigenvalue weighted by atomic mass is 16.7. The van der Waals surface area contributed by atoms with Crippen molar-refractivity contribution < 1.29 is 9.47 Å². The Kier molecular flexibility index (Phi) is 4.77. The van der Waals surface area contributed by atoms with Crippen molar-refractivity contribution in [3.8, 4) is 5.75 Å². The highest BCUT2D eigenvalue weighted by Gasteiger charge is 2.21. The molecule has 110 valence electrons. The number of hydrogen-bond donors (Lipinski definition) is 1. The predicted molar refractivity (Wildman–Crippen MR) is 80.3 cm³/mol. The molecule has 4 heteroatoms. The van der Waals surface area contributed by atoms with Crippen LogP contribution in [0.1, 0.15) is 19.3 Å². The van der Waals surface area contributed by atoms with Crippen LogP contribution in [0.4, 0.5) is 5.69 Å². The number of ether oxygens (including phenoxy) is 2. The van der Waals surface area contributed by atoms with Crippen molar-refractivity contribution in [1.29, 1.82) is 0 Å². The lowest BCUT2D eigenvalue weighted by molar-refractivity contribution is 0.0102. The molecule has 0 atom stereocenters. The Bertz CT molecular complexity index is 413. The Morgan fingerprint density at radius 2 is 2.05 bits per heavy atom. The summed E-state index contributed by atoms with van der Waals surface area (Å²) in [5.74, 6) is 1.72. The Labute approximate surface area is 121 Å². The second-order valence-electron chi connectivity index (χ2n) is 5.63. The molecule has 0 spiro atoms. The molecule has 1 aromatic rings. The van der Waals surface area contributed by atoms with Gasteiger partial charge in [-0.3, -0.25) is 0 Å². The van der Waals surface area contributed by atoms with Gasteiger partial charge in [-0.1, -0.05) is 12.1 Å². The van der Waals surface area contributed by atoms with Gasteiger partial charge in [-0.15, -0.1) is 0 Å². The molecule has 1 heterocycles. The summed E-state index contributed by atoms with van der Waals surface area (Å²) in [6, 6.07) is 8.27. The van der Waals surface area contributed by atoms with Crippen LogP contribution in [0.5, 0.6) is 5.75 Å². The average molecular weight is 276 g/mol. The Balaban J connectivity index is 1.57. The largest absolute Gasteiger partial charge is 0.465 e. The van der Waals surface area contributed by atoms with Crippen LogP contribution in [-0.2, 0) is 4.74 Å². The van der Waals surface area contributed by atoms with Crippen molar-refractivity contribution >= 4 is 5.69 Å². The van der Waals surface area contributed by atoms with Crippen molar-refractivity contribution in [2.75, 3.05) is 44.5 Å². The third-order valence-electron chi connectivity index (χ3n) is 3.89. The van der Waals surface area contributed by atoms with E-state index in [1.165, 1.54) is 24.9 Å². The second kappa shape index (κ2) is 6.95. The van der Waals surface area contributed by atoms with Crippen molar-refractivity contribution in [2.45, 2.75) is 19.3 Å². The van der Waals surface area contributed by atoms with E-state index < -0.39 is 0 Å². The number of rotatable bonds is 6. The van der Waals surface area contributed by atoms with E-state index in [1.54, 1.807) is 0 Å². The third kappa shape index (κ3) is 3.87. The quantitative estimate of drug-likeness (QED) is 0.638. The zero-order chi connectivity index (χ0) is 13.6. The summed E-state index contributed by atoms with van der Waals surface area (Å²) in [4.78, 5) is 2.40. The minimum Gasteiger partial charge on any atom is -0.465 e. The number of anilines is 1. The first kappa shape index (κ1) is 13.7. The Morgan fingerprint density at radius 3 is 2.95 bits per heavy atom. The SMILES string of the molecule is c1ccc(N2CCCNCC2)c(OCOCC2CC2)c1. The molecule has 20 heavy (non-hydrogen) atoms. The lowest BCUT2D eigenvalue weighted by Crippen LogP contribution is -2.28. The van der Waals surface area contributed by atoms with Gasteiger partial charge in [0, 0.05) is 19.6 Å². The summed E-state index contributed by atoms with van der Waals surface area (Å²) in [6.07, 6.45) is 3.81. The first-order valence-electron chi connectivity index (χ1n) is 7.69. The fourth-order valence-electron chi connectivity index (χ4n) is 2.53. The number of para-hydroxylation sites is 2. The first-order chi connectivity index (χ1) is 9.93. The predicted octanol–water partition coefficient (Wildman–Crippen LogP) is 2.25. The minimum atomic E-state index is 0.361. The van der Waals surface area contributed by atoms with Gasteiger partial charge in [-0.25, -0.2) is 0 Å². The monoisotopic (exact) mass is 276 g/mol. The van der Waals surface area contributed by atoms with Gasteiger partial charge in [-0.2, -0.15) is 0 Å². The van der Waals surface area contributed by atoms with Crippen LogP contribution in [0.25, 0.3) is 0 Å². The van der Waals surface area contributed by atoms with E-state index in [4.69, 9.17) is 9.47 Å². The van der Waals surface area contributed by atoms with Crippen LogP contribution in [0.3, 0.4) is 0 Å². The first-order valence-corrected chi connectivity index (χ1v) is 7.69. The molecular formula is C16H24N2O2. The molecule has 0 unspecified atom stereocenters. The van der Waals surface area contributed by atoms with Crippen LogP contribution >= 0.6 is 0 Å². The normalized spacial score (nSPS) is 19.7. The summed E-state index contributed by atoms with van der Waals surface area (Å²) >= 11 is 0. The molecule has 0 radical (unpaired) electrons. The van der Waals surface area contributed by atoms with Gasteiger partial charge in [0.1, 0.15) is 5.75 Å². The van der Waals surface area contributed by atoms with Crippen LogP contribution in [0, 0.1) is 5.92 Å².